The van der Waals surface area contributed by atoms with Crippen molar-refractivity contribution in [1.29, 1.82) is 0 Å². The summed E-state index contributed by atoms with van der Waals surface area (Å²) in [5.41, 5.74) is 0.161. The Morgan fingerprint density at radius 3 is 2.27 bits per heavy atom. The molecule has 1 saturated heterocycles. The standard InChI is InChI=1S/C13H25NO/c1-11(2)9-13(3,4)10-12(15)14-7-5-6-8-14/h11H,5-10H2,1-4H3. The zero-order valence-corrected chi connectivity index (χ0v) is 10.7. The van der Waals surface area contributed by atoms with E-state index >= 15 is 0 Å². The number of nitrogens with zero attached hydrogens (tertiary/aromatic N) is 1. The number of amides is 1. The molecule has 0 radical (unpaired) electrons. The molecule has 0 atom stereocenters. The third-order valence-corrected chi connectivity index (χ3v) is 3.05. The van der Waals surface area contributed by atoms with Crippen molar-refractivity contribution < 1.29 is 4.79 Å². The number of hydrogen-bond donors (Lipinski definition) is 0. The molecule has 1 amide bonds. The lowest BCUT2D eigenvalue weighted by Crippen LogP contribution is -2.32. The number of carbonyl (C=O) groups excluding carboxylic acids is 1. The molecule has 2 nitrogen and oxygen atoms in total. The monoisotopic (exact) mass is 211 g/mol. The Hall–Kier alpha value is -0.530. The first kappa shape index (κ1) is 12.5. The second-order valence-corrected chi connectivity index (χ2v) is 6.03. The number of hydrogen-bond acceptors (Lipinski definition) is 1. The van der Waals surface area contributed by atoms with Crippen LogP contribution in [0.15, 0.2) is 0 Å². The summed E-state index contributed by atoms with van der Waals surface area (Å²) in [4.78, 5) is 14.0. The van der Waals surface area contributed by atoms with Crippen LogP contribution in [-0.2, 0) is 4.79 Å². The molecule has 0 spiro atoms. The Labute approximate surface area is 94.0 Å². The van der Waals surface area contributed by atoms with Gasteiger partial charge >= 0.3 is 0 Å². The molecule has 0 aliphatic carbocycles. The van der Waals surface area contributed by atoms with E-state index in [1.165, 1.54) is 12.8 Å². The molecular formula is C13H25NO. The van der Waals surface area contributed by atoms with Crippen LogP contribution in [0.2, 0.25) is 0 Å². The molecule has 0 aromatic heterocycles. The van der Waals surface area contributed by atoms with E-state index in [0.717, 1.165) is 19.5 Å². The van der Waals surface area contributed by atoms with E-state index < -0.39 is 0 Å². The largest absolute Gasteiger partial charge is 0.343 e. The van der Waals surface area contributed by atoms with E-state index in [1.54, 1.807) is 0 Å². The van der Waals surface area contributed by atoms with Gasteiger partial charge in [0.05, 0.1) is 0 Å². The van der Waals surface area contributed by atoms with Crippen molar-refractivity contribution in [1.82, 2.24) is 4.90 Å². The molecule has 1 aliphatic rings. The topological polar surface area (TPSA) is 20.3 Å². The summed E-state index contributed by atoms with van der Waals surface area (Å²) in [5, 5.41) is 0. The maximum absolute atomic E-state index is 12.0. The van der Waals surface area contributed by atoms with Crippen LogP contribution in [0.3, 0.4) is 0 Å². The van der Waals surface area contributed by atoms with E-state index in [1.807, 2.05) is 4.90 Å². The second kappa shape index (κ2) is 5.00. The van der Waals surface area contributed by atoms with Gasteiger partial charge in [-0.1, -0.05) is 27.7 Å². The molecular weight excluding hydrogens is 186 g/mol. The van der Waals surface area contributed by atoms with Crippen molar-refractivity contribution in [2.24, 2.45) is 11.3 Å². The summed E-state index contributed by atoms with van der Waals surface area (Å²) in [6, 6.07) is 0. The molecule has 15 heavy (non-hydrogen) atoms. The fourth-order valence-corrected chi connectivity index (χ4v) is 2.67. The summed E-state index contributed by atoms with van der Waals surface area (Å²) in [7, 11) is 0. The van der Waals surface area contributed by atoms with Crippen molar-refractivity contribution in [3.63, 3.8) is 0 Å². The SMILES string of the molecule is CC(C)CC(C)(C)CC(=O)N1CCCC1. The van der Waals surface area contributed by atoms with Gasteiger partial charge in [-0.05, 0) is 30.6 Å². The Morgan fingerprint density at radius 1 is 1.27 bits per heavy atom. The minimum Gasteiger partial charge on any atom is -0.343 e. The predicted molar refractivity (Wildman–Crippen MR) is 63.7 cm³/mol. The molecule has 88 valence electrons. The molecule has 2 heteroatoms. The Bertz CT molecular complexity index is 215. The van der Waals surface area contributed by atoms with Crippen molar-refractivity contribution in [2.45, 2.75) is 53.4 Å². The summed E-state index contributed by atoms with van der Waals surface area (Å²) in [6.07, 6.45) is 4.23. The lowest BCUT2D eigenvalue weighted by atomic mass is 9.81. The zero-order chi connectivity index (χ0) is 11.5. The van der Waals surface area contributed by atoms with Gasteiger partial charge in [0.15, 0.2) is 0 Å². The highest BCUT2D eigenvalue weighted by Gasteiger charge is 2.27. The molecule has 1 fully saturated rings. The van der Waals surface area contributed by atoms with Crippen molar-refractivity contribution in [3.8, 4) is 0 Å². The third-order valence-electron chi connectivity index (χ3n) is 3.05. The average Bonchev–Trinajstić information content (AvgIpc) is 2.50. The van der Waals surface area contributed by atoms with E-state index in [9.17, 15) is 4.79 Å². The minimum absolute atomic E-state index is 0.161. The fraction of sp³-hybridized carbons (Fsp3) is 0.923. The Morgan fingerprint density at radius 2 is 1.80 bits per heavy atom. The maximum atomic E-state index is 12.0. The van der Waals surface area contributed by atoms with Crippen LogP contribution < -0.4 is 0 Å². The van der Waals surface area contributed by atoms with Gasteiger partial charge < -0.3 is 4.90 Å². The highest BCUT2D eigenvalue weighted by Crippen LogP contribution is 2.30. The Kier molecular flexibility index (Phi) is 4.18. The number of rotatable bonds is 4. The molecule has 0 N–H and O–H groups in total. The number of carbonyl (C=O) groups is 1. The first-order chi connectivity index (χ1) is 6.91. The lowest BCUT2D eigenvalue weighted by molar-refractivity contribution is -0.132. The van der Waals surface area contributed by atoms with E-state index in [-0.39, 0.29) is 5.41 Å². The molecule has 0 aromatic carbocycles. The quantitative estimate of drug-likeness (QED) is 0.700. The molecule has 0 aromatic rings. The van der Waals surface area contributed by atoms with Gasteiger partial charge in [0.25, 0.3) is 0 Å². The van der Waals surface area contributed by atoms with Gasteiger partial charge in [-0.25, -0.2) is 0 Å². The summed E-state index contributed by atoms with van der Waals surface area (Å²) < 4.78 is 0. The van der Waals surface area contributed by atoms with Gasteiger partial charge in [0.1, 0.15) is 0 Å². The highest BCUT2D eigenvalue weighted by atomic mass is 16.2. The van der Waals surface area contributed by atoms with Gasteiger partial charge in [0, 0.05) is 19.5 Å². The normalized spacial score (nSPS) is 17.5. The first-order valence-corrected chi connectivity index (χ1v) is 6.18. The van der Waals surface area contributed by atoms with Crippen LogP contribution in [0.25, 0.3) is 0 Å². The van der Waals surface area contributed by atoms with Crippen molar-refractivity contribution in [3.05, 3.63) is 0 Å². The van der Waals surface area contributed by atoms with Gasteiger partial charge in [0.2, 0.25) is 5.91 Å². The summed E-state index contributed by atoms with van der Waals surface area (Å²) >= 11 is 0. The van der Waals surface area contributed by atoms with Crippen molar-refractivity contribution in [2.75, 3.05) is 13.1 Å². The highest BCUT2D eigenvalue weighted by molar-refractivity contribution is 5.77. The molecule has 1 aliphatic heterocycles. The van der Waals surface area contributed by atoms with E-state index in [2.05, 4.69) is 27.7 Å². The van der Waals surface area contributed by atoms with Crippen molar-refractivity contribution >= 4 is 5.91 Å². The molecule has 0 saturated carbocycles. The summed E-state index contributed by atoms with van der Waals surface area (Å²) in [6.45, 7) is 10.8. The van der Waals surface area contributed by atoms with Gasteiger partial charge in [-0.2, -0.15) is 0 Å². The van der Waals surface area contributed by atoms with Crippen LogP contribution in [0.4, 0.5) is 0 Å². The first-order valence-electron chi connectivity index (χ1n) is 6.18. The zero-order valence-electron chi connectivity index (χ0n) is 10.7. The molecule has 1 rings (SSSR count). The average molecular weight is 211 g/mol. The molecule has 1 heterocycles. The van der Waals surface area contributed by atoms with Crippen LogP contribution in [0, 0.1) is 11.3 Å². The van der Waals surface area contributed by atoms with Crippen LogP contribution in [0.1, 0.15) is 53.4 Å². The summed E-state index contributed by atoms with van der Waals surface area (Å²) in [5.74, 6) is 1.03. The molecule has 0 bridgehead atoms. The smallest absolute Gasteiger partial charge is 0.223 e. The predicted octanol–water partition coefficient (Wildman–Crippen LogP) is 3.07. The third kappa shape index (κ3) is 4.23. The van der Waals surface area contributed by atoms with E-state index in [4.69, 9.17) is 0 Å². The van der Waals surface area contributed by atoms with Gasteiger partial charge in [-0.15, -0.1) is 0 Å². The fourth-order valence-electron chi connectivity index (χ4n) is 2.67. The van der Waals surface area contributed by atoms with Crippen LogP contribution in [-0.4, -0.2) is 23.9 Å². The van der Waals surface area contributed by atoms with Gasteiger partial charge in [-0.3, -0.25) is 4.79 Å². The van der Waals surface area contributed by atoms with Crippen LogP contribution in [0.5, 0.6) is 0 Å². The number of likely N-dealkylation sites (tertiary alicyclic amines) is 1. The van der Waals surface area contributed by atoms with Crippen LogP contribution >= 0.6 is 0 Å². The minimum atomic E-state index is 0.161. The second-order valence-electron chi connectivity index (χ2n) is 6.03. The maximum Gasteiger partial charge on any atom is 0.223 e. The molecule has 0 unspecified atom stereocenters. The Balaban J connectivity index is 2.41. The van der Waals surface area contributed by atoms with E-state index in [0.29, 0.717) is 18.2 Å². The lowest BCUT2D eigenvalue weighted by Gasteiger charge is -2.28.